The van der Waals surface area contributed by atoms with E-state index in [1.54, 1.807) is 12.1 Å². The van der Waals surface area contributed by atoms with Crippen LogP contribution in [0.4, 0.5) is 11.4 Å². The third kappa shape index (κ3) is 2.36. The SMILES string of the molecule is C[n+]1ccn([C@@H]2CCN(c3ccc([N+](=O)[O-])cc3)C2)c1. The fourth-order valence-electron chi connectivity index (χ4n) is 2.69. The van der Waals surface area contributed by atoms with Crippen molar-refractivity contribution in [3.63, 3.8) is 0 Å². The minimum absolute atomic E-state index is 0.141. The Bertz CT molecular complexity index is 620. The molecule has 0 saturated carbocycles. The van der Waals surface area contributed by atoms with Gasteiger partial charge >= 0.3 is 0 Å². The van der Waals surface area contributed by atoms with Gasteiger partial charge in [0.15, 0.2) is 0 Å². The van der Waals surface area contributed by atoms with E-state index in [0.717, 1.165) is 25.2 Å². The molecule has 1 aromatic carbocycles. The average Bonchev–Trinajstić information content (AvgIpc) is 3.07. The molecule has 1 fully saturated rings. The Hall–Kier alpha value is -2.37. The fourth-order valence-corrected chi connectivity index (χ4v) is 2.69. The lowest BCUT2D eigenvalue weighted by molar-refractivity contribution is -0.671. The predicted octanol–water partition coefficient (Wildman–Crippen LogP) is 1.67. The molecule has 2 aromatic rings. The van der Waals surface area contributed by atoms with Crippen LogP contribution in [0.25, 0.3) is 0 Å². The molecule has 1 atom stereocenters. The largest absolute Gasteiger partial charge is 0.367 e. The van der Waals surface area contributed by atoms with E-state index in [9.17, 15) is 10.1 Å². The second kappa shape index (κ2) is 4.96. The van der Waals surface area contributed by atoms with Gasteiger partial charge in [-0.25, -0.2) is 9.13 Å². The number of non-ortho nitro benzene ring substituents is 1. The Morgan fingerprint density at radius 1 is 1.35 bits per heavy atom. The van der Waals surface area contributed by atoms with Crippen LogP contribution in [0.1, 0.15) is 12.5 Å². The smallest absolute Gasteiger partial charge is 0.269 e. The summed E-state index contributed by atoms with van der Waals surface area (Å²) in [5, 5.41) is 10.7. The normalized spacial score (nSPS) is 18.4. The van der Waals surface area contributed by atoms with E-state index >= 15 is 0 Å². The van der Waals surface area contributed by atoms with Crippen LogP contribution in [-0.2, 0) is 7.05 Å². The molecular weight excluding hydrogens is 256 g/mol. The molecular formula is C14H17N4O2+. The van der Waals surface area contributed by atoms with Gasteiger partial charge in [-0.05, 0) is 12.1 Å². The van der Waals surface area contributed by atoms with Gasteiger partial charge in [0.2, 0.25) is 6.33 Å². The highest BCUT2D eigenvalue weighted by molar-refractivity contribution is 5.51. The molecule has 1 aliphatic rings. The minimum Gasteiger partial charge on any atom is -0.367 e. The zero-order chi connectivity index (χ0) is 14.1. The summed E-state index contributed by atoms with van der Waals surface area (Å²) in [5.74, 6) is 0. The highest BCUT2D eigenvalue weighted by atomic mass is 16.6. The van der Waals surface area contributed by atoms with Crippen molar-refractivity contribution >= 4 is 11.4 Å². The van der Waals surface area contributed by atoms with Gasteiger partial charge in [-0.3, -0.25) is 10.1 Å². The molecule has 104 valence electrons. The quantitative estimate of drug-likeness (QED) is 0.485. The number of aryl methyl sites for hydroxylation is 1. The molecule has 3 rings (SSSR count). The van der Waals surface area contributed by atoms with Gasteiger partial charge in [0.1, 0.15) is 18.4 Å². The molecule has 20 heavy (non-hydrogen) atoms. The number of hydrogen-bond donors (Lipinski definition) is 0. The van der Waals surface area contributed by atoms with E-state index < -0.39 is 0 Å². The molecule has 1 aliphatic heterocycles. The Morgan fingerprint density at radius 2 is 2.10 bits per heavy atom. The molecule has 1 aromatic heterocycles. The van der Waals surface area contributed by atoms with Gasteiger partial charge in [0, 0.05) is 30.8 Å². The van der Waals surface area contributed by atoms with E-state index in [1.807, 2.05) is 29.9 Å². The summed E-state index contributed by atoms with van der Waals surface area (Å²) in [6.07, 6.45) is 7.30. The molecule has 1 saturated heterocycles. The van der Waals surface area contributed by atoms with Crippen LogP contribution in [0.3, 0.4) is 0 Å². The van der Waals surface area contributed by atoms with Crippen molar-refractivity contribution in [3.05, 3.63) is 53.1 Å². The maximum Gasteiger partial charge on any atom is 0.269 e. The number of imidazole rings is 1. The number of nitro groups is 1. The number of rotatable bonds is 3. The van der Waals surface area contributed by atoms with Crippen molar-refractivity contribution < 1.29 is 9.49 Å². The molecule has 0 spiro atoms. The Balaban J connectivity index is 1.72. The van der Waals surface area contributed by atoms with Gasteiger partial charge in [-0.15, -0.1) is 0 Å². The number of nitrogens with zero attached hydrogens (tertiary/aromatic N) is 4. The van der Waals surface area contributed by atoms with Crippen LogP contribution >= 0.6 is 0 Å². The van der Waals surface area contributed by atoms with E-state index in [1.165, 1.54) is 0 Å². The van der Waals surface area contributed by atoms with Crippen molar-refractivity contribution in [1.82, 2.24) is 4.57 Å². The number of hydrogen-bond acceptors (Lipinski definition) is 3. The number of aromatic nitrogens is 2. The zero-order valence-electron chi connectivity index (χ0n) is 11.3. The van der Waals surface area contributed by atoms with Gasteiger partial charge in [-0.2, -0.15) is 0 Å². The highest BCUT2D eigenvalue weighted by Crippen LogP contribution is 2.27. The third-order valence-electron chi connectivity index (χ3n) is 3.80. The first kappa shape index (κ1) is 12.7. The van der Waals surface area contributed by atoms with Crippen LogP contribution < -0.4 is 9.47 Å². The molecule has 0 amide bonds. The number of benzene rings is 1. The van der Waals surface area contributed by atoms with Crippen LogP contribution in [0.2, 0.25) is 0 Å². The fraction of sp³-hybridized carbons (Fsp3) is 0.357. The second-order valence-corrected chi connectivity index (χ2v) is 5.19. The first-order chi connectivity index (χ1) is 9.63. The van der Waals surface area contributed by atoms with E-state index in [0.29, 0.717) is 6.04 Å². The summed E-state index contributed by atoms with van der Waals surface area (Å²) >= 11 is 0. The van der Waals surface area contributed by atoms with Crippen molar-refractivity contribution in [2.45, 2.75) is 12.5 Å². The molecule has 0 N–H and O–H groups in total. The van der Waals surface area contributed by atoms with E-state index in [4.69, 9.17) is 0 Å². The van der Waals surface area contributed by atoms with Crippen molar-refractivity contribution in [2.24, 2.45) is 7.05 Å². The molecule has 2 heterocycles. The Kier molecular flexibility index (Phi) is 3.14. The van der Waals surface area contributed by atoms with Crippen molar-refractivity contribution in [2.75, 3.05) is 18.0 Å². The van der Waals surface area contributed by atoms with Crippen LogP contribution in [0.15, 0.2) is 43.0 Å². The summed E-state index contributed by atoms with van der Waals surface area (Å²) in [6, 6.07) is 7.26. The third-order valence-corrected chi connectivity index (χ3v) is 3.80. The van der Waals surface area contributed by atoms with Crippen molar-refractivity contribution in [1.29, 1.82) is 0 Å². The molecule has 0 bridgehead atoms. The number of anilines is 1. The van der Waals surface area contributed by atoms with Gasteiger partial charge in [0.05, 0.1) is 18.5 Å². The summed E-state index contributed by atoms with van der Waals surface area (Å²) < 4.78 is 4.26. The Morgan fingerprint density at radius 3 is 2.70 bits per heavy atom. The lowest BCUT2D eigenvalue weighted by Gasteiger charge is -2.17. The molecule has 6 heteroatoms. The standard InChI is InChI=1S/C14H17N4O2/c1-15-8-9-17(11-15)14-6-7-16(10-14)12-2-4-13(5-3-12)18(19)20/h2-5,8-9,11,14H,6-7,10H2,1H3/q+1/t14-/m1/s1. The highest BCUT2D eigenvalue weighted by Gasteiger charge is 2.27. The molecule has 0 radical (unpaired) electrons. The summed E-state index contributed by atoms with van der Waals surface area (Å²) in [5.41, 5.74) is 1.19. The summed E-state index contributed by atoms with van der Waals surface area (Å²) in [4.78, 5) is 12.6. The molecule has 6 nitrogen and oxygen atoms in total. The number of nitro benzene ring substituents is 1. The van der Waals surface area contributed by atoms with Crippen LogP contribution in [0, 0.1) is 10.1 Å². The zero-order valence-corrected chi connectivity index (χ0v) is 11.3. The van der Waals surface area contributed by atoms with Crippen molar-refractivity contribution in [3.8, 4) is 0 Å². The summed E-state index contributed by atoms with van der Waals surface area (Å²) in [6.45, 7) is 1.91. The lowest BCUT2D eigenvalue weighted by atomic mass is 10.2. The Labute approximate surface area is 117 Å². The van der Waals surface area contributed by atoms with Crippen LogP contribution in [-0.4, -0.2) is 22.6 Å². The monoisotopic (exact) mass is 273 g/mol. The first-order valence-electron chi connectivity index (χ1n) is 6.65. The van der Waals surface area contributed by atoms with Gasteiger partial charge in [0.25, 0.3) is 5.69 Å². The summed E-state index contributed by atoms with van der Waals surface area (Å²) in [7, 11) is 2.01. The lowest BCUT2D eigenvalue weighted by Crippen LogP contribution is -2.25. The topological polar surface area (TPSA) is 55.2 Å². The molecule has 0 unspecified atom stereocenters. The average molecular weight is 273 g/mol. The maximum absolute atomic E-state index is 10.7. The first-order valence-corrected chi connectivity index (χ1v) is 6.65. The van der Waals surface area contributed by atoms with Gasteiger partial charge in [-0.1, -0.05) is 0 Å². The predicted molar refractivity (Wildman–Crippen MR) is 74.6 cm³/mol. The van der Waals surface area contributed by atoms with E-state index in [2.05, 4.69) is 22.0 Å². The van der Waals surface area contributed by atoms with Gasteiger partial charge < -0.3 is 4.90 Å². The van der Waals surface area contributed by atoms with Crippen LogP contribution in [0.5, 0.6) is 0 Å². The molecule has 0 aliphatic carbocycles. The minimum atomic E-state index is -0.365. The second-order valence-electron chi connectivity index (χ2n) is 5.19. The van der Waals surface area contributed by atoms with E-state index in [-0.39, 0.29) is 10.6 Å². The maximum atomic E-state index is 10.7.